The highest BCUT2D eigenvalue weighted by molar-refractivity contribution is 7.89. The molecule has 0 heterocycles. The van der Waals surface area contributed by atoms with Crippen LogP contribution in [0.2, 0.25) is 0 Å². The largest absolute Gasteiger partial charge is 0.384 e. The molecule has 2 atom stereocenters. The number of aliphatic hydroxyl groups excluding tert-OH is 1. The summed E-state index contributed by atoms with van der Waals surface area (Å²) in [5, 5.41) is 8.72. The number of rotatable bonds is 3. The smallest absolute Gasteiger partial charge is 0.241 e. The van der Waals surface area contributed by atoms with Crippen LogP contribution in [-0.2, 0) is 10.0 Å². The Kier molecular flexibility index (Phi) is 5.04. The number of hydrogen-bond acceptors (Lipinski definition) is 3. The third kappa shape index (κ3) is 4.07. The first-order valence-electron chi connectivity index (χ1n) is 7.15. The highest BCUT2D eigenvalue weighted by Crippen LogP contribution is 2.26. The average Bonchev–Trinajstić information content (AvgIpc) is 2.82. The van der Waals surface area contributed by atoms with E-state index in [9.17, 15) is 8.42 Å². The maximum absolute atomic E-state index is 12.5. The van der Waals surface area contributed by atoms with E-state index in [2.05, 4.69) is 23.5 Å². The zero-order valence-electron chi connectivity index (χ0n) is 12.4. The Hall–Kier alpha value is -1.35. The third-order valence-electron chi connectivity index (χ3n) is 3.81. The molecule has 2 rings (SSSR count). The van der Waals surface area contributed by atoms with E-state index in [1.807, 2.05) is 0 Å². The van der Waals surface area contributed by atoms with Gasteiger partial charge in [0, 0.05) is 11.6 Å². The van der Waals surface area contributed by atoms with Gasteiger partial charge < -0.3 is 5.11 Å². The number of sulfonamides is 1. The Morgan fingerprint density at radius 3 is 2.76 bits per heavy atom. The summed E-state index contributed by atoms with van der Waals surface area (Å²) in [5.41, 5.74) is 1.29. The molecule has 114 valence electrons. The molecule has 1 aliphatic rings. The van der Waals surface area contributed by atoms with Gasteiger partial charge in [-0.1, -0.05) is 24.8 Å². The molecule has 4 nitrogen and oxygen atoms in total. The first-order valence-corrected chi connectivity index (χ1v) is 8.63. The highest BCUT2D eigenvalue weighted by atomic mass is 32.2. The monoisotopic (exact) mass is 307 g/mol. The Balaban J connectivity index is 2.26. The fraction of sp³-hybridized carbons (Fsp3) is 0.500. The van der Waals surface area contributed by atoms with Crippen molar-refractivity contribution < 1.29 is 13.5 Å². The van der Waals surface area contributed by atoms with Crippen LogP contribution in [0.4, 0.5) is 0 Å². The summed E-state index contributed by atoms with van der Waals surface area (Å²) >= 11 is 0. The van der Waals surface area contributed by atoms with Crippen LogP contribution in [0, 0.1) is 24.7 Å². The average molecular weight is 307 g/mol. The van der Waals surface area contributed by atoms with Crippen LogP contribution in [0.25, 0.3) is 0 Å². The number of nitrogens with one attached hydrogen (secondary N) is 1. The van der Waals surface area contributed by atoms with Gasteiger partial charge in [0.25, 0.3) is 0 Å². The van der Waals surface area contributed by atoms with Crippen molar-refractivity contribution >= 4 is 10.0 Å². The first-order chi connectivity index (χ1) is 9.92. The van der Waals surface area contributed by atoms with E-state index in [1.165, 1.54) is 0 Å². The van der Waals surface area contributed by atoms with Gasteiger partial charge in [-0.15, -0.1) is 0 Å². The van der Waals surface area contributed by atoms with Crippen LogP contribution in [0.3, 0.4) is 0 Å². The lowest BCUT2D eigenvalue weighted by Gasteiger charge is -2.14. The molecule has 0 spiro atoms. The summed E-state index contributed by atoms with van der Waals surface area (Å²) in [6.07, 6.45) is 2.85. The topological polar surface area (TPSA) is 66.4 Å². The molecule has 0 aromatic heterocycles. The van der Waals surface area contributed by atoms with E-state index in [0.29, 0.717) is 17.0 Å². The standard InChI is InChI=1S/C16H21NO3S/c1-12-5-8-15(10-12)17-21(19,20)16-11-14(4-3-9-18)7-6-13(16)2/h6-7,11-12,15,17-18H,5,8-10H2,1-2H3. The molecule has 1 saturated carbocycles. The van der Waals surface area contributed by atoms with Gasteiger partial charge in [-0.2, -0.15) is 0 Å². The molecule has 1 aromatic carbocycles. The second-order valence-electron chi connectivity index (χ2n) is 5.68. The zero-order valence-corrected chi connectivity index (χ0v) is 13.2. The third-order valence-corrected chi connectivity index (χ3v) is 5.47. The summed E-state index contributed by atoms with van der Waals surface area (Å²) in [6, 6.07) is 5.09. The van der Waals surface area contributed by atoms with Crippen molar-refractivity contribution in [2.24, 2.45) is 5.92 Å². The zero-order chi connectivity index (χ0) is 15.5. The molecule has 0 aliphatic heterocycles. The predicted octanol–water partition coefficient (Wildman–Crippen LogP) is 1.81. The van der Waals surface area contributed by atoms with Crippen LogP contribution in [0.15, 0.2) is 23.1 Å². The molecule has 1 aromatic rings. The molecule has 0 radical (unpaired) electrons. The maximum atomic E-state index is 12.5. The predicted molar refractivity (Wildman–Crippen MR) is 82.3 cm³/mol. The van der Waals surface area contributed by atoms with Gasteiger partial charge in [-0.05, 0) is 49.8 Å². The molecule has 0 bridgehead atoms. The lowest BCUT2D eigenvalue weighted by molar-refractivity contribution is 0.350. The van der Waals surface area contributed by atoms with Gasteiger partial charge in [0.1, 0.15) is 6.61 Å². The molecule has 21 heavy (non-hydrogen) atoms. The molecule has 0 amide bonds. The Morgan fingerprint density at radius 2 is 2.14 bits per heavy atom. The number of hydrogen-bond donors (Lipinski definition) is 2. The SMILES string of the molecule is Cc1ccc(C#CCO)cc1S(=O)(=O)NC1CCC(C)C1. The fourth-order valence-corrected chi connectivity index (χ4v) is 4.26. The van der Waals surface area contributed by atoms with E-state index in [1.54, 1.807) is 25.1 Å². The van der Waals surface area contributed by atoms with Crippen molar-refractivity contribution in [2.45, 2.75) is 44.0 Å². The van der Waals surface area contributed by atoms with Gasteiger partial charge >= 0.3 is 0 Å². The molecule has 2 N–H and O–H groups in total. The van der Waals surface area contributed by atoms with Crippen molar-refractivity contribution in [1.82, 2.24) is 4.72 Å². The minimum absolute atomic E-state index is 0.0246. The van der Waals surface area contributed by atoms with Gasteiger partial charge in [-0.3, -0.25) is 0 Å². The van der Waals surface area contributed by atoms with E-state index in [-0.39, 0.29) is 17.5 Å². The van der Waals surface area contributed by atoms with E-state index >= 15 is 0 Å². The molecule has 2 unspecified atom stereocenters. The molecular weight excluding hydrogens is 286 g/mol. The summed E-state index contributed by atoms with van der Waals surface area (Å²) in [4.78, 5) is 0.270. The summed E-state index contributed by atoms with van der Waals surface area (Å²) in [7, 11) is -3.53. The molecule has 5 heteroatoms. The number of benzene rings is 1. The van der Waals surface area contributed by atoms with Crippen molar-refractivity contribution in [2.75, 3.05) is 6.61 Å². The Labute approximate surface area is 126 Å². The van der Waals surface area contributed by atoms with Crippen molar-refractivity contribution in [3.8, 4) is 11.8 Å². The summed E-state index contributed by atoms with van der Waals surface area (Å²) < 4.78 is 27.9. The molecular formula is C16H21NO3S. The minimum atomic E-state index is -3.53. The lowest BCUT2D eigenvalue weighted by Crippen LogP contribution is -2.33. The van der Waals surface area contributed by atoms with Gasteiger partial charge in [-0.25, -0.2) is 13.1 Å². The highest BCUT2D eigenvalue weighted by Gasteiger charge is 2.27. The fourth-order valence-electron chi connectivity index (χ4n) is 2.71. The van der Waals surface area contributed by atoms with Crippen molar-refractivity contribution in [3.63, 3.8) is 0 Å². The van der Waals surface area contributed by atoms with Crippen molar-refractivity contribution in [1.29, 1.82) is 0 Å². The van der Waals surface area contributed by atoms with Crippen molar-refractivity contribution in [3.05, 3.63) is 29.3 Å². The van der Waals surface area contributed by atoms with Gasteiger partial charge in [0.2, 0.25) is 10.0 Å². The molecule has 1 aliphatic carbocycles. The van der Waals surface area contributed by atoms with Crippen LogP contribution >= 0.6 is 0 Å². The van der Waals surface area contributed by atoms with Gasteiger partial charge in [0.05, 0.1) is 4.90 Å². The van der Waals surface area contributed by atoms with Crippen LogP contribution in [0.1, 0.15) is 37.3 Å². The Morgan fingerprint density at radius 1 is 1.38 bits per heavy atom. The molecule has 1 fully saturated rings. The summed E-state index contributed by atoms with van der Waals surface area (Å²) in [6.45, 7) is 3.67. The maximum Gasteiger partial charge on any atom is 0.241 e. The lowest BCUT2D eigenvalue weighted by atomic mass is 10.1. The number of aryl methyl sites for hydroxylation is 1. The van der Waals surface area contributed by atoms with E-state index in [4.69, 9.17) is 5.11 Å². The van der Waals surface area contributed by atoms with Crippen LogP contribution in [0.5, 0.6) is 0 Å². The second-order valence-corrected chi connectivity index (χ2v) is 7.36. The quantitative estimate of drug-likeness (QED) is 0.837. The van der Waals surface area contributed by atoms with Crippen LogP contribution in [-0.4, -0.2) is 26.2 Å². The minimum Gasteiger partial charge on any atom is -0.384 e. The van der Waals surface area contributed by atoms with Crippen LogP contribution < -0.4 is 4.72 Å². The normalized spacial score (nSPS) is 21.9. The van der Waals surface area contributed by atoms with E-state index < -0.39 is 10.0 Å². The van der Waals surface area contributed by atoms with E-state index in [0.717, 1.165) is 19.3 Å². The molecule has 0 saturated heterocycles. The Bertz CT molecular complexity index is 670. The van der Waals surface area contributed by atoms with Gasteiger partial charge in [0.15, 0.2) is 0 Å². The second kappa shape index (κ2) is 6.61. The number of aliphatic hydroxyl groups is 1. The summed E-state index contributed by atoms with van der Waals surface area (Å²) in [5.74, 6) is 5.84. The first kappa shape index (κ1) is 16.0.